The molecule has 0 radical (unpaired) electrons. The predicted molar refractivity (Wildman–Crippen MR) is 109 cm³/mol. The van der Waals surface area contributed by atoms with Crippen molar-refractivity contribution < 1.29 is 4.79 Å². The van der Waals surface area contributed by atoms with Gasteiger partial charge in [-0.2, -0.15) is 0 Å². The molecule has 1 saturated heterocycles. The quantitative estimate of drug-likeness (QED) is 0.581. The van der Waals surface area contributed by atoms with Crippen molar-refractivity contribution in [1.29, 1.82) is 0 Å². The van der Waals surface area contributed by atoms with Crippen LogP contribution in [0.1, 0.15) is 48.4 Å². The lowest BCUT2D eigenvalue weighted by Crippen LogP contribution is -2.39. The third-order valence-corrected chi connectivity index (χ3v) is 6.72. The van der Waals surface area contributed by atoms with E-state index in [0.29, 0.717) is 21.5 Å². The second-order valence-corrected chi connectivity index (χ2v) is 8.65. The van der Waals surface area contributed by atoms with Gasteiger partial charge in [0.15, 0.2) is 0 Å². The zero-order valence-corrected chi connectivity index (χ0v) is 17.5. The topological polar surface area (TPSA) is 33.2 Å². The van der Waals surface area contributed by atoms with Crippen LogP contribution in [0.3, 0.4) is 0 Å². The van der Waals surface area contributed by atoms with E-state index in [0.717, 1.165) is 29.0 Å². The second kappa shape index (κ2) is 8.20. The number of hydrogen-bond donors (Lipinski definition) is 0. The highest BCUT2D eigenvalue weighted by Crippen LogP contribution is 2.33. The van der Waals surface area contributed by atoms with Crippen molar-refractivity contribution in [3.8, 4) is 0 Å². The summed E-state index contributed by atoms with van der Waals surface area (Å²) in [7, 11) is 0. The lowest BCUT2D eigenvalue weighted by molar-refractivity contribution is 0.0686. The minimum Gasteiger partial charge on any atom is -0.332 e. The van der Waals surface area contributed by atoms with Crippen molar-refractivity contribution in [1.82, 2.24) is 9.88 Å². The zero-order chi connectivity index (χ0) is 18.8. The smallest absolute Gasteiger partial charge is 0.272 e. The number of likely N-dealkylation sites (tertiary alicyclic amines) is 1. The summed E-state index contributed by atoms with van der Waals surface area (Å²) in [6.07, 6.45) is 2.11. The molecule has 3 rings (SSSR count). The molecule has 1 aliphatic heterocycles. The van der Waals surface area contributed by atoms with Crippen LogP contribution in [0.25, 0.3) is 0 Å². The van der Waals surface area contributed by atoms with E-state index in [1.807, 2.05) is 36.1 Å². The molecule has 26 heavy (non-hydrogen) atoms. The third-order valence-electron chi connectivity index (χ3n) is 4.81. The van der Waals surface area contributed by atoms with Gasteiger partial charge in [0.25, 0.3) is 5.91 Å². The Morgan fingerprint density at radius 3 is 2.54 bits per heavy atom. The first-order valence-corrected chi connectivity index (χ1v) is 10.5. The summed E-state index contributed by atoms with van der Waals surface area (Å²) < 4.78 is 0. The number of pyridine rings is 1. The van der Waals surface area contributed by atoms with E-state index in [1.165, 1.54) is 0 Å². The SMILES string of the molecule is Cc1cc(Cl)c(Cl)cc1SCc1cccc(C(=O)N2C(C)CCC2C)n1. The number of nitrogens with zero attached hydrogens (tertiary/aromatic N) is 2. The van der Waals surface area contributed by atoms with E-state index >= 15 is 0 Å². The molecule has 2 unspecified atom stereocenters. The molecule has 1 aromatic carbocycles. The molecule has 0 bridgehead atoms. The number of carbonyl (C=O) groups excluding carboxylic acids is 1. The summed E-state index contributed by atoms with van der Waals surface area (Å²) in [5.74, 6) is 0.699. The first-order valence-electron chi connectivity index (χ1n) is 8.74. The molecule has 0 N–H and O–H groups in total. The van der Waals surface area contributed by atoms with Crippen LogP contribution in [0, 0.1) is 6.92 Å². The van der Waals surface area contributed by atoms with Gasteiger partial charge in [0.2, 0.25) is 0 Å². The number of carbonyl (C=O) groups is 1. The van der Waals surface area contributed by atoms with Gasteiger partial charge in [-0.3, -0.25) is 4.79 Å². The van der Waals surface area contributed by atoms with E-state index < -0.39 is 0 Å². The summed E-state index contributed by atoms with van der Waals surface area (Å²) in [4.78, 5) is 20.5. The van der Waals surface area contributed by atoms with Crippen molar-refractivity contribution in [2.75, 3.05) is 0 Å². The van der Waals surface area contributed by atoms with Crippen molar-refractivity contribution in [2.24, 2.45) is 0 Å². The fourth-order valence-corrected chi connectivity index (χ4v) is 4.74. The highest BCUT2D eigenvalue weighted by Gasteiger charge is 2.32. The van der Waals surface area contributed by atoms with Crippen LogP contribution in [0.15, 0.2) is 35.2 Å². The number of hydrogen-bond acceptors (Lipinski definition) is 3. The average molecular weight is 409 g/mol. The molecule has 2 aromatic rings. The Balaban J connectivity index is 1.74. The Morgan fingerprint density at radius 1 is 1.19 bits per heavy atom. The first-order chi connectivity index (χ1) is 12.4. The Bertz CT molecular complexity index is 817. The Kier molecular flexibility index (Phi) is 6.16. The molecule has 0 spiro atoms. The standard InChI is InChI=1S/C20H22Cl2N2OS/c1-12-9-16(21)17(22)10-19(12)26-11-15-5-4-6-18(23-15)20(25)24-13(2)7-8-14(24)3/h4-6,9-10,13-14H,7-8,11H2,1-3H3. The Labute approximate surface area is 169 Å². The van der Waals surface area contributed by atoms with Crippen LogP contribution >= 0.6 is 35.0 Å². The zero-order valence-electron chi connectivity index (χ0n) is 15.1. The Hall–Kier alpha value is -1.23. The fourth-order valence-electron chi connectivity index (χ4n) is 3.34. The molecule has 3 nitrogen and oxygen atoms in total. The summed E-state index contributed by atoms with van der Waals surface area (Å²) in [5, 5.41) is 1.11. The minimum atomic E-state index is 0.0278. The van der Waals surface area contributed by atoms with E-state index in [1.54, 1.807) is 17.8 Å². The molecule has 0 saturated carbocycles. The van der Waals surface area contributed by atoms with Crippen LogP contribution in [0.2, 0.25) is 10.0 Å². The largest absolute Gasteiger partial charge is 0.332 e. The van der Waals surface area contributed by atoms with Crippen LogP contribution in [-0.4, -0.2) is 27.9 Å². The summed E-state index contributed by atoms with van der Waals surface area (Å²) in [6, 6.07) is 9.96. The van der Waals surface area contributed by atoms with Gasteiger partial charge in [-0.1, -0.05) is 29.3 Å². The normalized spacial score (nSPS) is 19.8. The van der Waals surface area contributed by atoms with Crippen LogP contribution in [0.5, 0.6) is 0 Å². The number of thioether (sulfide) groups is 1. The Morgan fingerprint density at radius 2 is 1.85 bits per heavy atom. The number of aryl methyl sites for hydroxylation is 1. The highest BCUT2D eigenvalue weighted by atomic mass is 35.5. The van der Waals surface area contributed by atoms with Crippen molar-refractivity contribution >= 4 is 40.9 Å². The first kappa shape index (κ1) is 19.5. The molecule has 138 valence electrons. The van der Waals surface area contributed by atoms with Crippen LogP contribution < -0.4 is 0 Å². The van der Waals surface area contributed by atoms with Gasteiger partial charge in [0.1, 0.15) is 5.69 Å². The highest BCUT2D eigenvalue weighted by molar-refractivity contribution is 7.98. The maximum atomic E-state index is 12.9. The summed E-state index contributed by atoms with van der Waals surface area (Å²) >= 11 is 13.8. The molecule has 2 heterocycles. The molecular weight excluding hydrogens is 387 g/mol. The van der Waals surface area contributed by atoms with Crippen LogP contribution in [-0.2, 0) is 5.75 Å². The number of rotatable bonds is 4. The fraction of sp³-hybridized carbons (Fsp3) is 0.400. The average Bonchev–Trinajstić information content (AvgIpc) is 2.95. The molecule has 2 atom stereocenters. The van der Waals surface area contributed by atoms with E-state index in [-0.39, 0.29) is 18.0 Å². The number of amides is 1. The molecule has 0 aliphatic carbocycles. The van der Waals surface area contributed by atoms with Gasteiger partial charge >= 0.3 is 0 Å². The molecule has 1 amide bonds. The number of aromatic nitrogens is 1. The molecule has 1 aliphatic rings. The van der Waals surface area contributed by atoms with Crippen LogP contribution in [0.4, 0.5) is 0 Å². The lowest BCUT2D eigenvalue weighted by atomic mass is 10.2. The van der Waals surface area contributed by atoms with Crippen molar-refractivity contribution in [2.45, 2.75) is 56.3 Å². The molecular formula is C20H22Cl2N2OS. The van der Waals surface area contributed by atoms with E-state index in [4.69, 9.17) is 23.2 Å². The summed E-state index contributed by atoms with van der Waals surface area (Å²) in [6.45, 7) is 6.22. The summed E-state index contributed by atoms with van der Waals surface area (Å²) in [5.41, 5.74) is 2.48. The third kappa shape index (κ3) is 4.19. The molecule has 6 heteroatoms. The van der Waals surface area contributed by atoms with E-state index in [9.17, 15) is 4.79 Å². The van der Waals surface area contributed by atoms with Crippen molar-refractivity contribution in [3.63, 3.8) is 0 Å². The number of halogens is 2. The maximum Gasteiger partial charge on any atom is 0.272 e. The van der Waals surface area contributed by atoms with Gasteiger partial charge < -0.3 is 4.90 Å². The maximum absolute atomic E-state index is 12.9. The van der Waals surface area contributed by atoms with Gasteiger partial charge in [0, 0.05) is 22.7 Å². The van der Waals surface area contributed by atoms with Gasteiger partial charge in [-0.25, -0.2) is 4.98 Å². The predicted octanol–water partition coefficient (Wildman–Crippen LogP) is 6.00. The van der Waals surface area contributed by atoms with Gasteiger partial charge in [0.05, 0.1) is 15.7 Å². The number of benzene rings is 1. The monoisotopic (exact) mass is 408 g/mol. The lowest BCUT2D eigenvalue weighted by Gasteiger charge is -2.26. The molecule has 1 aromatic heterocycles. The molecule has 1 fully saturated rings. The minimum absolute atomic E-state index is 0.0278. The van der Waals surface area contributed by atoms with Gasteiger partial charge in [-0.05, 0) is 63.4 Å². The van der Waals surface area contributed by atoms with Crippen molar-refractivity contribution in [3.05, 3.63) is 57.3 Å². The van der Waals surface area contributed by atoms with Gasteiger partial charge in [-0.15, -0.1) is 11.8 Å². The van der Waals surface area contributed by atoms with E-state index in [2.05, 4.69) is 18.8 Å². The second-order valence-electron chi connectivity index (χ2n) is 6.82.